The van der Waals surface area contributed by atoms with Crippen molar-refractivity contribution in [2.45, 2.75) is 45.1 Å². The van der Waals surface area contributed by atoms with E-state index in [9.17, 15) is 9.90 Å². The van der Waals surface area contributed by atoms with Gasteiger partial charge in [-0.15, -0.1) is 0 Å². The van der Waals surface area contributed by atoms with E-state index in [2.05, 4.69) is 15.8 Å². The Bertz CT molecular complexity index is 438. The summed E-state index contributed by atoms with van der Waals surface area (Å²) in [4.78, 5) is 11.7. The van der Waals surface area contributed by atoms with Crippen LogP contribution in [0.4, 0.5) is 10.5 Å². The maximum Gasteiger partial charge on any atom is 0.319 e. The van der Waals surface area contributed by atoms with Crippen LogP contribution in [0.1, 0.15) is 37.6 Å². The minimum Gasteiger partial charge on any atom is -0.388 e. The van der Waals surface area contributed by atoms with Crippen molar-refractivity contribution >= 4 is 11.7 Å². The summed E-state index contributed by atoms with van der Waals surface area (Å²) in [5, 5.41) is 19.1. The predicted octanol–water partition coefficient (Wildman–Crippen LogP) is 1.58. The maximum atomic E-state index is 11.7. The first-order valence-electron chi connectivity index (χ1n) is 6.26. The third kappa shape index (κ3) is 2.64. The summed E-state index contributed by atoms with van der Waals surface area (Å²) in [5.41, 5.74) is 0.564. The molecule has 0 aromatic carbocycles. The van der Waals surface area contributed by atoms with Gasteiger partial charge in [0.05, 0.1) is 5.60 Å². The number of carbonyl (C=O) groups is 1. The van der Waals surface area contributed by atoms with E-state index in [0.717, 1.165) is 19.3 Å². The third-order valence-corrected chi connectivity index (χ3v) is 3.36. The molecule has 2 amide bonds. The first-order chi connectivity index (χ1) is 8.54. The van der Waals surface area contributed by atoms with Gasteiger partial charge in [-0.2, -0.15) is 0 Å². The van der Waals surface area contributed by atoms with Crippen molar-refractivity contribution in [3.8, 4) is 0 Å². The topological polar surface area (TPSA) is 87.4 Å². The normalized spacial score (nSPS) is 17.1. The number of hydrogen-bond acceptors (Lipinski definition) is 4. The zero-order chi connectivity index (χ0) is 13.2. The molecular weight excluding hydrogens is 234 g/mol. The average Bonchev–Trinajstić information content (AvgIpc) is 2.65. The molecule has 0 aliphatic heterocycles. The number of aliphatic hydroxyl groups is 1. The number of rotatable bonds is 4. The average molecular weight is 253 g/mol. The van der Waals surface area contributed by atoms with Crippen LogP contribution < -0.4 is 10.6 Å². The lowest BCUT2D eigenvalue weighted by atomic mass is 9.80. The molecule has 18 heavy (non-hydrogen) atoms. The van der Waals surface area contributed by atoms with E-state index in [1.807, 2.05) is 6.92 Å². The highest BCUT2D eigenvalue weighted by Gasteiger charge is 2.34. The molecule has 3 N–H and O–H groups in total. The number of aromatic nitrogens is 1. The van der Waals surface area contributed by atoms with E-state index in [4.69, 9.17) is 4.52 Å². The van der Waals surface area contributed by atoms with E-state index < -0.39 is 5.60 Å². The largest absolute Gasteiger partial charge is 0.388 e. The van der Waals surface area contributed by atoms with Crippen molar-refractivity contribution < 1.29 is 14.4 Å². The Kier molecular flexibility index (Phi) is 3.56. The molecule has 0 radical (unpaired) electrons. The van der Waals surface area contributed by atoms with Crippen LogP contribution in [0.5, 0.6) is 0 Å². The molecule has 0 saturated heterocycles. The SMILES string of the molecule is CCc1onc(C)c1NC(=O)NCC1(O)CCC1. The van der Waals surface area contributed by atoms with Crippen molar-refractivity contribution in [3.05, 3.63) is 11.5 Å². The summed E-state index contributed by atoms with van der Waals surface area (Å²) < 4.78 is 5.08. The van der Waals surface area contributed by atoms with Crippen LogP contribution in [0.15, 0.2) is 4.52 Å². The molecule has 0 atom stereocenters. The van der Waals surface area contributed by atoms with Crippen LogP contribution in [-0.2, 0) is 6.42 Å². The van der Waals surface area contributed by atoms with Crippen LogP contribution in [0.2, 0.25) is 0 Å². The summed E-state index contributed by atoms with van der Waals surface area (Å²) in [7, 11) is 0. The molecule has 1 aromatic rings. The number of hydrogen-bond donors (Lipinski definition) is 3. The van der Waals surface area contributed by atoms with Gasteiger partial charge in [-0.25, -0.2) is 4.79 Å². The third-order valence-electron chi connectivity index (χ3n) is 3.36. The summed E-state index contributed by atoms with van der Waals surface area (Å²) in [6.45, 7) is 3.99. The quantitative estimate of drug-likeness (QED) is 0.760. The number of amides is 2. The number of aryl methyl sites for hydroxylation is 2. The Labute approximate surface area is 106 Å². The molecule has 6 heteroatoms. The molecule has 0 spiro atoms. The van der Waals surface area contributed by atoms with E-state index in [1.54, 1.807) is 6.92 Å². The Morgan fingerprint density at radius 1 is 1.56 bits per heavy atom. The summed E-state index contributed by atoms with van der Waals surface area (Å²) in [5.74, 6) is 0.657. The van der Waals surface area contributed by atoms with Crippen molar-refractivity contribution in [3.63, 3.8) is 0 Å². The van der Waals surface area contributed by atoms with Crippen LogP contribution in [0.3, 0.4) is 0 Å². The first kappa shape index (κ1) is 12.9. The Hall–Kier alpha value is -1.56. The van der Waals surface area contributed by atoms with Crippen molar-refractivity contribution in [2.75, 3.05) is 11.9 Å². The highest BCUT2D eigenvalue weighted by molar-refractivity contribution is 5.90. The number of nitrogens with one attached hydrogen (secondary N) is 2. The Balaban J connectivity index is 1.88. The fourth-order valence-electron chi connectivity index (χ4n) is 1.98. The molecule has 1 fully saturated rings. The van der Waals surface area contributed by atoms with Gasteiger partial charge < -0.3 is 20.3 Å². The molecule has 2 rings (SSSR count). The number of urea groups is 1. The fraction of sp³-hybridized carbons (Fsp3) is 0.667. The van der Waals surface area contributed by atoms with Crippen LogP contribution >= 0.6 is 0 Å². The van der Waals surface area contributed by atoms with Gasteiger partial charge in [0.25, 0.3) is 0 Å². The van der Waals surface area contributed by atoms with Gasteiger partial charge in [0.15, 0.2) is 5.76 Å². The van der Waals surface area contributed by atoms with Crippen LogP contribution in [-0.4, -0.2) is 28.4 Å². The molecule has 1 aromatic heterocycles. The van der Waals surface area contributed by atoms with Gasteiger partial charge in [-0.1, -0.05) is 12.1 Å². The lowest BCUT2D eigenvalue weighted by molar-refractivity contribution is -0.0287. The lowest BCUT2D eigenvalue weighted by Gasteiger charge is -2.36. The number of anilines is 1. The monoisotopic (exact) mass is 253 g/mol. The molecule has 0 unspecified atom stereocenters. The molecular formula is C12H19N3O3. The zero-order valence-corrected chi connectivity index (χ0v) is 10.7. The molecule has 1 heterocycles. The molecule has 6 nitrogen and oxygen atoms in total. The molecule has 1 aliphatic carbocycles. The summed E-state index contributed by atoms with van der Waals surface area (Å²) in [6, 6.07) is -0.337. The molecule has 1 aliphatic rings. The second-order valence-electron chi connectivity index (χ2n) is 4.81. The van der Waals surface area contributed by atoms with E-state index in [0.29, 0.717) is 23.6 Å². The first-order valence-corrected chi connectivity index (χ1v) is 6.26. The molecule has 0 bridgehead atoms. The van der Waals surface area contributed by atoms with Gasteiger partial charge in [0.2, 0.25) is 0 Å². The van der Waals surface area contributed by atoms with Gasteiger partial charge in [-0.3, -0.25) is 0 Å². The highest BCUT2D eigenvalue weighted by atomic mass is 16.5. The van der Waals surface area contributed by atoms with Crippen molar-refractivity contribution in [2.24, 2.45) is 0 Å². The Morgan fingerprint density at radius 3 is 2.83 bits per heavy atom. The smallest absolute Gasteiger partial charge is 0.319 e. The van der Waals surface area contributed by atoms with E-state index >= 15 is 0 Å². The zero-order valence-electron chi connectivity index (χ0n) is 10.7. The highest BCUT2D eigenvalue weighted by Crippen LogP contribution is 2.30. The van der Waals surface area contributed by atoms with Gasteiger partial charge in [-0.05, 0) is 26.2 Å². The second-order valence-corrected chi connectivity index (χ2v) is 4.81. The van der Waals surface area contributed by atoms with E-state index in [1.165, 1.54) is 0 Å². The number of carbonyl (C=O) groups excluding carboxylic acids is 1. The standard InChI is InChI=1S/C12H19N3O3/c1-3-9-10(8(2)15-18-9)14-11(16)13-7-12(17)5-4-6-12/h17H,3-7H2,1-2H3,(H2,13,14,16). The van der Waals surface area contributed by atoms with Crippen molar-refractivity contribution in [1.29, 1.82) is 0 Å². The van der Waals surface area contributed by atoms with Crippen molar-refractivity contribution in [1.82, 2.24) is 10.5 Å². The van der Waals surface area contributed by atoms with Gasteiger partial charge in [0, 0.05) is 13.0 Å². The molecule has 100 valence electrons. The summed E-state index contributed by atoms with van der Waals surface area (Å²) in [6.07, 6.45) is 3.19. The minimum absolute atomic E-state index is 0.282. The summed E-state index contributed by atoms with van der Waals surface area (Å²) >= 11 is 0. The number of nitrogens with zero attached hydrogens (tertiary/aromatic N) is 1. The second kappa shape index (κ2) is 4.97. The minimum atomic E-state index is -0.714. The van der Waals surface area contributed by atoms with E-state index in [-0.39, 0.29) is 12.6 Å². The lowest BCUT2D eigenvalue weighted by Crippen LogP contribution is -2.48. The maximum absolute atomic E-state index is 11.7. The molecule has 1 saturated carbocycles. The predicted molar refractivity (Wildman–Crippen MR) is 66.4 cm³/mol. The van der Waals surface area contributed by atoms with Crippen LogP contribution in [0.25, 0.3) is 0 Å². The van der Waals surface area contributed by atoms with Crippen LogP contribution in [0, 0.1) is 6.92 Å². The fourth-order valence-corrected chi connectivity index (χ4v) is 1.98. The Morgan fingerprint density at radius 2 is 2.28 bits per heavy atom. The van der Waals surface area contributed by atoms with Gasteiger partial charge >= 0.3 is 6.03 Å². The van der Waals surface area contributed by atoms with Gasteiger partial charge in [0.1, 0.15) is 11.4 Å².